The van der Waals surface area contributed by atoms with Gasteiger partial charge in [0.2, 0.25) is 0 Å². The fraction of sp³-hybridized carbons (Fsp3) is 0.222. The van der Waals surface area contributed by atoms with Crippen LogP contribution in [0.1, 0.15) is 5.69 Å². The average Bonchev–Trinajstić information content (AvgIpc) is 2.63. The van der Waals surface area contributed by atoms with Crippen LogP contribution in [0.25, 0.3) is 0 Å². The number of aromatic nitrogens is 1. The molecule has 1 aliphatic rings. The Kier molecular flexibility index (Phi) is 2.03. The third kappa shape index (κ3) is 1.39. The van der Waals surface area contributed by atoms with E-state index in [4.69, 9.17) is 9.84 Å². The number of nitrogens with one attached hydrogen (secondary N) is 1. The van der Waals surface area contributed by atoms with Crippen molar-refractivity contribution in [1.29, 1.82) is 0 Å². The van der Waals surface area contributed by atoms with Crippen molar-refractivity contribution < 1.29 is 19.4 Å². The third-order valence-electron chi connectivity index (χ3n) is 2.17. The number of nitrogens with zero attached hydrogens (tertiary/aromatic N) is 1. The molecule has 78 valence electrons. The van der Waals surface area contributed by atoms with Crippen LogP contribution >= 0.6 is 0 Å². The molecule has 2 rings (SSSR count). The van der Waals surface area contributed by atoms with E-state index in [1.54, 1.807) is 12.1 Å². The van der Waals surface area contributed by atoms with Gasteiger partial charge < -0.3 is 15.2 Å². The summed E-state index contributed by atoms with van der Waals surface area (Å²) in [4.78, 5) is 25.9. The topological polar surface area (TPSA) is 88.5 Å². The van der Waals surface area contributed by atoms with E-state index in [2.05, 4.69) is 10.3 Å². The highest BCUT2D eigenvalue weighted by Crippen LogP contribution is 2.27. The molecule has 6 heteroatoms. The van der Waals surface area contributed by atoms with Gasteiger partial charge in [-0.25, -0.2) is 9.59 Å². The molecular weight excluding hydrogens is 200 g/mol. The molecule has 0 bridgehead atoms. The quantitative estimate of drug-likeness (QED) is 0.719. The van der Waals surface area contributed by atoms with Crippen LogP contribution in [0.2, 0.25) is 0 Å². The van der Waals surface area contributed by atoms with Gasteiger partial charge in [-0.15, -0.1) is 0 Å². The predicted octanol–water partition coefficient (Wildman–Crippen LogP) is 0.101. The lowest BCUT2D eigenvalue weighted by molar-refractivity contribution is -0.156. The molecule has 15 heavy (non-hydrogen) atoms. The summed E-state index contributed by atoms with van der Waals surface area (Å²) in [5.74, 6) is -1.24. The molecule has 0 aliphatic carbocycles. The van der Waals surface area contributed by atoms with Crippen molar-refractivity contribution in [3.8, 4) is 0 Å². The lowest BCUT2D eigenvalue weighted by Crippen LogP contribution is -2.40. The molecule has 6 nitrogen and oxygen atoms in total. The Labute approximate surface area is 84.9 Å². The van der Waals surface area contributed by atoms with Gasteiger partial charge >= 0.3 is 12.1 Å². The number of aliphatic carboxylic acids is 1. The van der Waals surface area contributed by atoms with E-state index < -0.39 is 17.7 Å². The number of carbonyl (C=O) groups is 2. The van der Waals surface area contributed by atoms with Gasteiger partial charge in [0.15, 0.2) is 0 Å². The highest BCUT2D eigenvalue weighted by Gasteiger charge is 2.50. The zero-order valence-electron chi connectivity index (χ0n) is 7.64. The van der Waals surface area contributed by atoms with Crippen LogP contribution in [-0.2, 0) is 15.1 Å². The number of pyridine rings is 1. The van der Waals surface area contributed by atoms with E-state index in [9.17, 15) is 9.59 Å². The van der Waals surface area contributed by atoms with Gasteiger partial charge in [0.05, 0.1) is 12.2 Å². The van der Waals surface area contributed by atoms with Crippen molar-refractivity contribution in [2.24, 2.45) is 0 Å². The molecule has 2 N–H and O–H groups in total. The van der Waals surface area contributed by atoms with Crippen LogP contribution < -0.4 is 5.32 Å². The molecule has 1 atom stereocenters. The molecular formula is C9H8N2O4. The van der Waals surface area contributed by atoms with Gasteiger partial charge in [0.25, 0.3) is 5.60 Å². The van der Waals surface area contributed by atoms with Crippen LogP contribution in [0.5, 0.6) is 0 Å². The van der Waals surface area contributed by atoms with Crippen LogP contribution in [0, 0.1) is 0 Å². The van der Waals surface area contributed by atoms with E-state index in [1.165, 1.54) is 12.3 Å². The Bertz CT molecular complexity index is 406. The van der Waals surface area contributed by atoms with Crippen LogP contribution in [0.15, 0.2) is 24.4 Å². The van der Waals surface area contributed by atoms with E-state index in [0.29, 0.717) is 0 Å². The summed E-state index contributed by atoms with van der Waals surface area (Å²) in [7, 11) is 0. The Balaban J connectivity index is 2.45. The van der Waals surface area contributed by atoms with Crippen LogP contribution in [0.3, 0.4) is 0 Å². The minimum atomic E-state index is -1.70. The Morgan fingerprint density at radius 3 is 2.87 bits per heavy atom. The van der Waals surface area contributed by atoms with Crippen molar-refractivity contribution in [1.82, 2.24) is 10.3 Å². The van der Waals surface area contributed by atoms with E-state index >= 15 is 0 Å². The van der Waals surface area contributed by atoms with Crippen molar-refractivity contribution in [3.63, 3.8) is 0 Å². The first kappa shape index (κ1) is 9.45. The molecule has 1 amide bonds. The number of hydrogen-bond donors (Lipinski definition) is 2. The smallest absolute Gasteiger partial charge is 0.408 e. The van der Waals surface area contributed by atoms with E-state index in [0.717, 1.165) is 0 Å². The van der Waals surface area contributed by atoms with Gasteiger partial charge in [-0.1, -0.05) is 6.07 Å². The standard InChI is InChI=1S/C9H8N2O4/c12-7(13)9(5-11-8(14)15-9)6-3-1-2-4-10-6/h1-4H,5H2,(H,11,14)(H,12,13). The second-order valence-electron chi connectivity index (χ2n) is 3.09. The highest BCUT2D eigenvalue weighted by atomic mass is 16.6. The summed E-state index contributed by atoms with van der Waals surface area (Å²) in [6, 6.07) is 4.80. The van der Waals surface area contributed by atoms with Crippen molar-refractivity contribution in [3.05, 3.63) is 30.1 Å². The van der Waals surface area contributed by atoms with E-state index in [1.807, 2.05) is 0 Å². The van der Waals surface area contributed by atoms with E-state index in [-0.39, 0.29) is 12.2 Å². The van der Waals surface area contributed by atoms with Gasteiger partial charge in [-0.3, -0.25) is 4.98 Å². The summed E-state index contributed by atoms with van der Waals surface area (Å²) in [5, 5.41) is 11.4. The maximum absolute atomic E-state index is 11.1. The molecule has 1 aliphatic heterocycles. The highest BCUT2D eigenvalue weighted by molar-refractivity contribution is 5.86. The van der Waals surface area contributed by atoms with Crippen molar-refractivity contribution in [2.75, 3.05) is 6.54 Å². The average molecular weight is 208 g/mol. The first-order chi connectivity index (χ1) is 7.15. The number of ether oxygens (including phenoxy) is 1. The Morgan fingerprint density at radius 1 is 1.60 bits per heavy atom. The van der Waals surface area contributed by atoms with Crippen molar-refractivity contribution in [2.45, 2.75) is 5.60 Å². The predicted molar refractivity (Wildman–Crippen MR) is 48.0 cm³/mol. The van der Waals surface area contributed by atoms with Crippen LogP contribution in [0.4, 0.5) is 4.79 Å². The Hall–Kier alpha value is -2.11. The number of rotatable bonds is 2. The van der Waals surface area contributed by atoms with Crippen LogP contribution in [-0.4, -0.2) is 28.7 Å². The number of carboxylic acids is 1. The summed E-state index contributed by atoms with van der Waals surface area (Å²) >= 11 is 0. The number of carboxylic acid groups (broad SMARTS) is 1. The fourth-order valence-corrected chi connectivity index (χ4v) is 1.40. The molecule has 0 spiro atoms. The summed E-state index contributed by atoms with van der Waals surface area (Å²) in [6.07, 6.45) is 0.703. The summed E-state index contributed by atoms with van der Waals surface area (Å²) < 4.78 is 4.78. The first-order valence-corrected chi connectivity index (χ1v) is 4.27. The minimum absolute atomic E-state index is 0.113. The largest absolute Gasteiger partial charge is 0.478 e. The normalized spacial score (nSPS) is 24.4. The lowest BCUT2D eigenvalue weighted by Gasteiger charge is -2.19. The zero-order chi connectivity index (χ0) is 10.9. The maximum Gasteiger partial charge on any atom is 0.408 e. The monoisotopic (exact) mass is 208 g/mol. The molecule has 0 saturated carbocycles. The molecule has 0 aromatic carbocycles. The summed E-state index contributed by atoms with van der Waals surface area (Å²) in [5.41, 5.74) is -1.49. The van der Waals surface area contributed by atoms with Gasteiger partial charge in [-0.2, -0.15) is 0 Å². The third-order valence-corrected chi connectivity index (χ3v) is 2.17. The molecule has 1 unspecified atom stereocenters. The second kappa shape index (κ2) is 3.23. The molecule has 2 heterocycles. The number of cyclic esters (lactones) is 1. The molecule has 0 radical (unpaired) electrons. The second-order valence-corrected chi connectivity index (χ2v) is 3.09. The van der Waals surface area contributed by atoms with Gasteiger partial charge in [0.1, 0.15) is 0 Å². The summed E-state index contributed by atoms with van der Waals surface area (Å²) in [6.45, 7) is -0.113. The molecule has 1 fully saturated rings. The zero-order valence-corrected chi connectivity index (χ0v) is 7.64. The van der Waals surface area contributed by atoms with Gasteiger partial charge in [0, 0.05) is 6.20 Å². The lowest BCUT2D eigenvalue weighted by atomic mass is 10.00. The minimum Gasteiger partial charge on any atom is -0.478 e. The Morgan fingerprint density at radius 2 is 2.40 bits per heavy atom. The SMILES string of the molecule is O=C1NCC(C(=O)O)(c2ccccn2)O1. The molecule has 1 aromatic rings. The first-order valence-electron chi connectivity index (χ1n) is 4.27. The number of carbonyl (C=O) groups excluding carboxylic acids is 1. The van der Waals surface area contributed by atoms with Crippen molar-refractivity contribution >= 4 is 12.1 Å². The molecule has 1 saturated heterocycles. The maximum atomic E-state index is 11.1. The van der Waals surface area contributed by atoms with Gasteiger partial charge in [-0.05, 0) is 12.1 Å². The number of amides is 1. The fourth-order valence-electron chi connectivity index (χ4n) is 1.40. The number of hydrogen-bond acceptors (Lipinski definition) is 4. The number of alkyl carbamates (subject to hydrolysis) is 1. The molecule has 1 aromatic heterocycles.